The Bertz CT molecular complexity index is 282. The second-order valence-electron chi connectivity index (χ2n) is 4.40. The molecular weight excluding hydrogens is 202 g/mol. The second-order valence-corrected chi connectivity index (χ2v) is 4.40. The van der Waals surface area contributed by atoms with Crippen LogP contribution >= 0.6 is 0 Å². The first kappa shape index (κ1) is 13.1. The van der Waals surface area contributed by atoms with Crippen LogP contribution in [0.3, 0.4) is 0 Å². The predicted molar refractivity (Wildman–Crippen MR) is 63.8 cm³/mol. The van der Waals surface area contributed by atoms with Gasteiger partial charge in [0.2, 0.25) is 0 Å². The number of nitrogens with one attached hydrogen (secondary N) is 1. The predicted octanol–water partition coefficient (Wildman–Crippen LogP) is 1.72. The maximum atomic E-state index is 12.1. The first-order chi connectivity index (χ1) is 7.67. The first-order valence-electron chi connectivity index (χ1n) is 6.03. The molecule has 16 heavy (non-hydrogen) atoms. The van der Waals surface area contributed by atoms with Crippen LogP contribution in [-0.2, 0) is 9.53 Å². The number of rotatable bonds is 4. The highest BCUT2D eigenvalue weighted by Crippen LogP contribution is 2.34. The van der Waals surface area contributed by atoms with Crippen molar-refractivity contribution in [1.82, 2.24) is 5.32 Å². The zero-order valence-corrected chi connectivity index (χ0v) is 10.2. The number of hydrogen-bond acceptors (Lipinski definition) is 3. The highest BCUT2D eigenvalue weighted by molar-refractivity contribution is 5.81. The Morgan fingerprint density at radius 3 is 2.94 bits per heavy atom. The Labute approximate surface area is 97.9 Å². The van der Waals surface area contributed by atoms with Gasteiger partial charge in [-0.25, -0.2) is 0 Å². The van der Waals surface area contributed by atoms with Crippen LogP contribution in [0, 0.1) is 18.3 Å². The van der Waals surface area contributed by atoms with Crippen LogP contribution in [0.5, 0.6) is 0 Å². The lowest BCUT2D eigenvalue weighted by molar-refractivity contribution is -0.155. The van der Waals surface area contributed by atoms with Crippen molar-refractivity contribution in [1.29, 1.82) is 0 Å². The Kier molecular flexibility index (Phi) is 4.82. The molecule has 0 saturated heterocycles. The first-order valence-corrected chi connectivity index (χ1v) is 6.03. The highest BCUT2D eigenvalue weighted by atomic mass is 16.5. The van der Waals surface area contributed by atoms with Gasteiger partial charge < -0.3 is 4.74 Å². The number of carbonyl (C=O) groups is 1. The average Bonchev–Trinajstić information content (AvgIpc) is 2.28. The van der Waals surface area contributed by atoms with Crippen LogP contribution in [0.1, 0.15) is 39.5 Å². The summed E-state index contributed by atoms with van der Waals surface area (Å²) in [6.07, 6.45) is 9.38. The molecule has 2 atom stereocenters. The minimum absolute atomic E-state index is 0.141. The number of terminal acetylenes is 1. The Morgan fingerprint density at radius 2 is 2.38 bits per heavy atom. The van der Waals surface area contributed by atoms with Gasteiger partial charge in [0, 0.05) is 0 Å². The molecule has 0 bridgehead atoms. The number of esters is 1. The fourth-order valence-corrected chi connectivity index (χ4v) is 2.45. The molecule has 3 nitrogen and oxygen atoms in total. The van der Waals surface area contributed by atoms with Crippen LogP contribution in [0.25, 0.3) is 0 Å². The van der Waals surface area contributed by atoms with Crippen LogP contribution < -0.4 is 5.32 Å². The Balaban J connectivity index is 2.81. The summed E-state index contributed by atoms with van der Waals surface area (Å²) in [7, 11) is 0. The lowest BCUT2D eigenvalue weighted by Crippen LogP contribution is -2.58. The van der Waals surface area contributed by atoms with E-state index >= 15 is 0 Å². The molecular formula is C13H21NO2. The van der Waals surface area contributed by atoms with E-state index in [4.69, 9.17) is 11.2 Å². The van der Waals surface area contributed by atoms with E-state index in [0.717, 1.165) is 19.3 Å². The van der Waals surface area contributed by atoms with Crippen molar-refractivity contribution in [2.75, 3.05) is 13.2 Å². The molecule has 1 aliphatic rings. The smallest absolute Gasteiger partial charge is 0.326 e. The van der Waals surface area contributed by atoms with E-state index in [1.165, 1.54) is 6.42 Å². The van der Waals surface area contributed by atoms with Gasteiger partial charge in [0.25, 0.3) is 0 Å². The minimum atomic E-state index is -0.555. The van der Waals surface area contributed by atoms with E-state index < -0.39 is 5.54 Å². The van der Waals surface area contributed by atoms with E-state index in [1.54, 1.807) is 0 Å². The van der Waals surface area contributed by atoms with E-state index in [0.29, 0.717) is 13.2 Å². The van der Waals surface area contributed by atoms with Crippen molar-refractivity contribution in [3.8, 4) is 12.3 Å². The lowest BCUT2D eigenvalue weighted by Gasteiger charge is -2.40. The standard InChI is InChI=1S/C13H21NO2/c1-4-10-14-13(12(15)16-5-2)9-7-6-8-11(13)3/h1,11,14H,5-10H2,2-3H3. The van der Waals surface area contributed by atoms with Crippen molar-refractivity contribution in [3.05, 3.63) is 0 Å². The van der Waals surface area contributed by atoms with Gasteiger partial charge in [0.05, 0.1) is 13.2 Å². The van der Waals surface area contributed by atoms with E-state index in [-0.39, 0.29) is 11.9 Å². The van der Waals surface area contributed by atoms with E-state index in [1.807, 2.05) is 6.92 Å². The largest absolute Gasteiger partial charge is 0.465 e. The summed E-state index contributed by atoms with van der Waals surface area (Å²) < 4.78 is 5.18. The zero-order chi connectivity index (χ0) is 12.0. The molecule has 0 aromatic rings. The Hall–Kier alpha value is -1.01. The molecule has 1 saturated carbocycles. The monoisotopic (exact) mass is 223 g/mol. The van der Waals surface area contributed by atoms with Crippen LogP contribution in [0.2, 0.25) is 0 Å². The molecule has 3 heteroatoms. The molecule has 0 heterocycles. The highest BCUT2D eigenvalue weighted by Gasteiger charge is 2.45. The van der Waals surface area contributed by atoms with E-state index in [9.17, 15) is 4.79 Å². The number of carbonyl (C=O) groups excluding carboxylic acids is 1. The summed E-state index contributed by atoms with van der Waals surface area (Å²) in [6.45, 7) is 4.77. The second kappa shape index (κ2) is 5.91. The molecule has 90 valence electrons. The van der Waals surface area contributed by atoms with Crippen molar-refractivity contribution >= 4 is 5.97 Å². The molecule has 2 unspecified atom stereocenters. The van der Waals surface area contributed by atoms with Crippen molar-refractivity contribution in [2.45, 2.75) is 45.1 Å². The third-order valence-electron chi connectivity index (χ3n) is 3.45. The van der Waals surface area contributed by atoms with Crippen molar-refractivity contribution in [2.24, 2.45) is 5.92 Å². The maximum absolute atomic E-state index is 12.1. The van der Waals surface area contributed by atoms with Gasteiger partial charge in [-0.3, -0.25) is 10.1 Å². The van der Waals surface area contributed by atoms with Crippen molar-refractivity contribution in [3.63, 3.8) is 0 Å². The SMILES string of the molecule is C#CCNC1(C(=O)OCC)CCCCC1C. The van der Waals surface area contributed by atoms with Gasteiger partial charge in [-0.1, -0.05) is 25.7 Å². The van der Waals surface area contributed by atoms with Crippen molar-refractivity contribution < 1.29 is 9.53 Å². The molecule has 0 spiro atoms. The number of hydrogen-bond donors (Lipinski definition) is 1. The van der Waals surface area contributed by atoms with Gasteiger partial charge in [0.15, 0.2) is 0 Å². The topological polar surface area (TPSA) is 38.3 Å². The van der Waals surface area contributed by atoms with Gasteiger partial charge in [-0.2, -0.15) is 0 Å². The minimum Gasteiger partial charge on any atom is -0.465 e. The van der Waals surface area contributed by atoms with Gasteiger partial charge >= 0.3 is 5.97 Å². The molecule has 1 aliphatic carbocycles. The van der Waals surface area contributed by atoms with Gasteiger partial charge in [0.1, 0.15) is 5.54 Å². The average molecular weight is 223 g/mol. The maximum Gasteiger partial charge on any atom is 0.326 e. The summed E-state index contributed by atoms with van der Waals surface area (Å²) in [5.74, 6) is 2.68. The molecule has 0 aromatic carbocycles. The zero-order valence-electron chi connectivity index (χ0n) is 10.2. The van der Waals surface area contributed by atoms with E-state index in [2.05, 4.69) is 18.2 Å². The number of ether oxygens (including phenoxy) is 1. The lowest BCUT2D eigenvalue weighted by atomic mass is 9.73. The molecule has 0 aliphatic heterocycles. The summed E-state index contributed by atoms with van der Waals surface area (Å²) in [6, 6.07) is 0. The molecule has 0 radical (unpaired) electrons. The quantitative estimate of drug-likeness (QED) is 0.582. The van der Waals surface area contributed by atoms with Crippen LogP contribution in [-0.4, -0.2) is 24.7 Å². The molecule has 1 N–H and O–H groups in total. The fraction of sp³-hybridized carbons (Fsp3) is 0.769. The third-order valence-corrected chi connectivity index (χ3v) is 3.45. The third kappa shape index (κ3) is 2.56. The van der Waals surface area contributed by atoms with Gasteiger partial charge in [-0.15, -0.1) is 6.42 Å². The summed E-state index contributed by atoms with van der Waals surface area (Å²) in [5, 5.41) is 3.21. The molecule has 1 fully saturated rings. The normalized spacial score (nSPS) is 29.4. The van der Waals surface area contributed by atoms with Crippen LogP contribution in [0.4, 0.5) is 0 Å². The Morgan fingerprint density at radius 1 is 1.62 bits per heavy atom. The molecule has 0 amide bonds. The summed E-state index contributed by atoms with van der Waals surface area (Å²) >= 11 is 0. The molecule has 1 rings (SSSR count). The molecule has 0 aromatic heterocycles. The van der Waals surface area contributed by atoms with Crippen LogP contribution in [0.15, 0.2) is 0 Å². The summed E-state index contributed by atoms with van der Waals surface area (Å²) in [4.78, 5) is 12.1. The summed E-state index contributed by atoms with van der Waals surface area (Å²) in [5.41, 5.74) is -0.555. The van der Waals surface area contributed by atoms with Gasteiger partial charge in [-0.05, 0) is 25.7 Å². The fourth-order valence-electron chi connectivity index (χ4n) is 2.45.